The molecule has 0 unspecified atom stereocenters. The molecule has 0 N–H and O–H groups in total. The van der Waals surface area contributed by atoms with Crippen LogP contribution in [0.25, 0.3) is 66.1 Å². The van der Waals surface area contributed by atoms with Crippen molar-refractivity contribution < 1.29 is 10.2 Å². The van der Waals surface area contributed by atoms with Crippen LogP contribution < -0.4 is 20.0 Å². The molecule has 1 saturated carbocycles. The maximum atomic E-state index is 15.1. The second-order valence-electron chi connectivity index (χ2n) is 21.5. The van der Waals surface area contributed by atoms with Crippen molar-refractivity contribution in [2.24, 2.45) is 0 Å². The van der Waals surface area contributed by atoms with Crippen molar-refractivity contribution in [2.75, 3.05) is 9.80 Å². The van der Waals surface area contributed by atoms with Crippen LogP contribution in [0.2, 0.25) is 0 Å². The predicted octanol–water partition coefficient (Wildman–Crippen LogP) is 18.2. The van der Waals surface area contributed by atoms with Gasteiger partial charge >= 0.3 is 0 Å². The Kier molecular flexibility index (Phi) is 13.3. The average Bonchev–Trinajstić information content (AvgIpc) is 3.59. The molecule has 0 spiro atoms. The Bertz CT molecular complexity index is 3760. The van der Waals surface area contributed by atoms with Crippen LogP contribution in [-0.2, 0) is 0 Å². The lowest BCUT2D eigenvalue weighted by Gasteiger charge is -2.62. The molecule has 0 saturated heterocycles. The summed E-state index contributed by atoms with van der Waals surface area (Å²) in [7, 11) is 0. The maximum absolute atomic E-state index is 15.1. The molecule has 0 heterocycles. The van der Waals surface area contributed by atoms with E-state index in [1.807, 2.05) is 12.1 Å². The highest BCUT2D eigenvalue weighted by Crippen LogP contribution is 2.52. The molecule has 4 nitrogen and oxygen atoms in total. The second kappa shape index (κ2) is 21.1. The minimum absolute atomic E-state index is 0.734. The fraction of sp³-hybridized carbons (Fsp3) is 0.105. The summed E-state index contributed by atoms with van der Waals surface area (Å²) in [6, 6.07) is 94.0. The molecule has 1 fully saturated rings. The van der Waals surface area contributed by atoms with Crippen LogP contribution in [0.4, 0.5) is 34.1 Å². The van der Waals surface area contributed by atoms with Crippen molar-refractivity contribution >= 4 is 55.7 Å². The molecule has 12 aromatic carbocycles. The number of nitrogens with zero attached hydrogens (tertiary/aromatic N) is 2. The quantitative estimate of drug-likeness (QED) is 0.122. The molecule has 0 radical (unpaired) electrons. The molecule has 12 aromatic rings. The molecule has 1 aliphatic carbocycles. The van der Waals surface area contributed by atoms with Gasteiger partial charge in [0.1, 0.15) is 0 Å². The largest absolute Gasteiger partial charge is 0.851 e. The van der Waals surface area contributed by atoms with Gasteiger partial charge in [0.15, 0.2) is 0 Å². The van der Waals surface area contributed by atoms with Gasteiger partial charge in [-0.1, -0.05) is 206 Å². The predicted molar refractivity (Wildman–Crippen MR) is 331 cm³/mol. The van der Waals surface area contributed by atoms with Crippen LogP contribution in [-0.4, -0.2) is 12.2 Å². The van der Waals surface area contributed by atoms with E-state index in [4.69, 9.17) is 0 Å². The molecular formula is C76H60N2O2-2. The van der Waals surface area contributed by atoms with Gasteiger partial charge in [0.05, 0.1) is 11.4 Å². The first-order chi connectivity index (χ1) is 39.2. The number of rotatable bonds is 12. The summed E-state index contributed by atoms with van der Waals surface area (Å²) in [5.41, 5.74) is 21.9. The molecule has 0 atom stereocenters. The molecule has 0 amide bonds. The number of hydrogen-bond donors (Lipinski definition) is 0. The summed E-state index contributed by atoms with van der Waals surface area (Å²) in [4.78, 5) is 4.60. The number of anilines is 6. The highest BCUT2D eigenvalue weighted by atomic mass is 16.3. The van der Waals surface area contributed by atoms with E-state index in [-0.39, 0.29) is 0 Å². The van der Waals surface area contributed by atoms with Crippen LogP contribution in [0.1, 0.15) is 45.2 Å². The van der Waals surface area contributed by atoms with Crippen LogP contribution in [0.3, 0.4) is 0 Å². The van der Waals surface area contributed by atoms with Gasteiger partial charge in [-0.15, -0.1) is 12.2 Å². The maximum Gasteiger partial charge on any atom is 0.0540 e. The van der Waals surface area contributed by atoms with Gasteiger partial charge < -0.3 is 20.0 Å². The van der Waals surface area contributed by atoms with E-state index in [1.165, 1.54) is 44.5 Å². The standard InChI is InChI=1S/C76H60N2O2/c1-49-17-5-9-21-61(49)53-29-37-57(38-30-53)77(58-39-31-54(32-40-58)62-22-10-6-18-50(62)2)71-47-45-69(65-25-13-15-27-67(65)71)73-75(79)74(76(73)80)70-46-48-72(68-28-16-14-26-66(68)70)78(59-41-33-55(34-42-59)63-23-11-7-19-51(63)3)60-43-35-56(36-44-60)64-24-12-8-20-52(64)4/h5-48,73-76H,1-4H3/q-2. The smallest absolute Gasteiger partial charge is 0.0540 e. The average molecular weight is 1030 g/mol. The van der Waals surface area contributed by atoms with Gasteiger partial charge in [0.25, 0.3) is 0 Å². The Balaban J connectivity index is 0.864. The van der Waals surface area contributed by atoms with E-state index >= 15 is 10.2 Å². The van der Waals surface area contributed by atoms with E-state index in [1.54, 1.807) is 0 Å². The first kappa shape index (κ1) is 50.2. The van der Waals surface area contributed by atoms with E-state index in [9.17, 15) is 0 Å². The lowest BCUT2D eigenvalue weighted by atomic mass is 9.62. The Morgan fingerprint density at radius 1 is 0.250 bits per heavy atom. The summed E-state index contributed by atoms with van der Waals surface area (Å²) in [5.74, 6) is -1.47. The third kappa shape index (κ3) is 9.03. The zero-order valence-corrected chi connectivity index (χ0v) is 45.4. The lowest BCUT2D eigenvalue weighted by Crippen LogP contribution is -2.63. The Hall–Kier alpha value is -9.32. The van der Waals surface area contributed by atoms with Crippen molar-refractivity contribution in [3.8, 4) is 44.5 Å². The van der Waals surface area contributed by atoms with E-state index < -0.39 is 24.0 Å². The first-order valence-electron chi connectivity index (χ1n) is 27.8. The topological polar surface area (TPSA) is 52.6 Å². The molecule has 0 aromatic heterocycles. The summed E-state index contributed by atoms with van der Waals surface area (Å²) in [6.45, 7) is 8.60. The first-order valence-corrected chi connectivity index (χ1v) is 27.8. The van der Waals surface area contributed by atoms with Crippen LogP contribution in [0.15, 0.2) is 267 Å². The van der Waals surface area contributed by atoms with Gasteiger partial charge in [0.2, 0.25) is 0 Å². The van der Waals surface area contributed by atoms with Gasteiger partial charge in [-0.3, -0.25) is 0 Å². The summed E-state index contributed by atoms with van der Waals surface area (Å²) >= 11 is 0. The molecule has 388 valence electrons. The summed E-state index contributed by atoms with van der Waals surface area (Å²) in [5, 5.41) is 34.1. The van der Waals surface area contributed by atoms with Gasteiger partial charge in [-0.2, -0.15) is 0 Å². The normalized spacial score (nSPS) is 15.9. The SMILES string of the molecule is Cc1ccccc1-c1ccc(N(c2ccc(-c3ccccc3C)cc2)c2ccc(C3C([O-])C(c4ccc(N(c5ccc(-c6ccccc6C)cc5)c5ccc(-c6ccccc6C)cc5)c5ccccc45)C3[O-])c3ccccc23)cc1. The van der Waals surface area contributed by atoms with Crippen molar-refractivity contribution in [2.45, 2.75) is 51.7 Å². The monoisotopic (exact) mass is 1030 g/mol. The van der Waals surface area contributed by atoms with Crippen molar-refractivity contribution in [1.29, 1.82) is 0 Å². The molecule has 1 aliphatic rings. The van der Waals surface area contributed by atoms with Gasteiger partial charge in [0, 0.05) is 33.5 Å². The second-order valence-corrected chi connectivity index (χ2v) is 21.5. The summed E-state index contributed by atoms with van der Waals surface area (Å²) < 4.78 is 0. The molecular weight excluding hydrogens is 973 g/mol. The molecule has 80 heavy (non-hydrogen) atoms. The zero-order chi connectivity index (χ0) is 54.4. The molecule has 13 rings (SSSR count). The Morgan fingerprint density at radius 2 is 0.487 bits per heavy atom. The zero-order valence-electron chi connectivity index (χ0n) is 45.4. The summed E-state index contributed by atoms with van der Waals surface area (Å²) in [6.07, 6.45) is -2.31. The third-order valence-electron chi connectivity index (χ3n) is 16.8. The fourth-order valence-corrected chi connectivity index (χ4v) is 12.6. The van der Waals surface area contributed by atoms with Crippen molar-refractivity contribution in [3.63, 3.8) is 0 Å². The highest BCUT2D eigenvalue weighted by Gasteiger charge is 2.40. The third-order valence-corrected chi connectivity index (χ3v) is 16.8. The Labute approximate surface area is 469 Å². The van der Waals surface area contributed by atoms with E-state index in [2.05, 4.69) is 292 Å². The Morgan fingerprint density at radius 3 is 0.750 bits per heavy atom. The van der Waals surface area contributed by atoms with Crippen molar-refractivity contribution in [1.82, 2.24) is 0 Å². The van der Waals surface area contributed by atoms with Crippen LogP contribution in [0, 0.1) is 27.7 Å². The number of fused-ring (bicyclic) bond motifs is 2. The minimum atomic E-state index is -1.15. The molecule has 0 aliphatic heterocycles. The minimum Gasteiger partial charge on any atom is -0.851 e. The van der Waals surface area contributed by atoms with E-state index in [0.717, 1.165) is 89.0 Å². The molecule has 0 bridgehead atoms. The van der Waals surface area contributed by atoms with Crippen LogP contribution in [0.5, 0.6) is 0 Å². The molecule has 4 heteroatoms. The van der Waals surface area contributed by atoms with Gasteiger partial charge in [-0.05, 0) is 189 Å². The number of aryl methyl sites for hydroxylation is 4. The highest BCUT2D eigenvalue weighted by molar-refractivity contribution is 6.03. The number of benzene rings is 12. The van der Waals surface area contributed by atoms with Crippen molar-refractivity contribution in [3.05, 3.63) is 300 Å². The number of hydrogen-bond acceptors (Lipinski definition) is 4. The fourth-order valence-electron chi connectivity index (χ4n) is 12.6. The lowest BCUT2D eigenvalue weighted by molar-refractivity contribution is -0.535. The van der Waals surface area contributed by atoms with Gasteiger partial charge in [-0.25, -0.2) is 0 Å². The van der Waals surface area contributed by atoms with Crippen LogP contribution >= 0.6 is 0 Å². The van der Waals surface area contributed by atoms with E-state index in [0.29, 0.717) is 0 Å².